The molecule has 17 heavy (non-hydrogen) atoms. The SMILES string of the molecule is Cc1cc(Cl)c(F)c(OC2CCNCC2)c1.Cl. The summed E-state index contributed by atoms with van der Waals surface area (Å²) in [6.07, 6.45) is 1.91. The third kappa shape index (κ3) is 3.73. The van der Waals surface area contributed by atoms with Crippen molar-refractivity contribution in [2.24, 2.45) is 0 Å². The van der Waals surface area contributed by atoms with Gasteiger partial charge < -0.3 is 10.1 Å². The molecule has 1 aliphatic rings. The first kappa shape index (κ1) is 14.6. The van der Waals surface area contributed by atoms with Gasteiger partial charge in [-0.2, -0.15) is 0 Å². The Morgan fingerprint density at radius 1 is 1.35 bits per heavy atom. The lowest BCUT2D eigenvalue weighted by Crippen LogP contribution is -2.34. The molecule has 0 unspecified atom stereocenters. The summed E-state index contributed by atoms with van der Waals surface area (Å²) in [5.41, 5.74) is 0.912. The molecule has 1 saturated heterocycles. The fourth-order valence-electron chi connectivity index (χ4n) is 1.87. The van der Waals surface area contributed by atoms with Crippen LogP contribution >= 0.6 is 24.0 Å². The van der Waals surface area contributed by atoms with Crippen molar-refractivity contribution in [1.82, 2.24) is 5.32 Å². The Bertz CT molecular complexity index is 381. The lowest BCUT2D eigenvalue weighted by atomic mass is 10.1. The molecule has 2 nitrogen and oxygen atoms in total. The summed E-state index contributed by atoms with van der Waals surface area (Å²) in [4.78, 5) is 0. The van der Waals surface area contributed by atoms with Gasteiger partial charge in [-0.3, -0.25) is 0 Å². The van der Waals surface area contributed by atoms with Crippen molar-refractivity contribution in [2.45, 2.75) is 25.9 Å². The molecular weight excluding hydrogens is 264 g/mol. The second-order valence-corrected chi connectivity index (χ2v) is 4.53. The molecule has 1 fully saturated rings. The van der Waals surface area contributed by atoms with E-state index in [0.29, 0.717) is 0 Å². The summed E-state index contributed by atoms with van der Waals surface area (Å²) in [6.45, 7) is 3.72. The minimum atomic E-state index is -0.453. The Kier molecular flexibility index (Phi) is 5.50. The summed E-state index contributed by atoms with van der Waals surface area (Å²) in [6, 6.07) is 3.30. The average Bonchev–Trinajstić information content (AvgIpc) is 2.27. The topological polar surface area (TPSA) is 21.3 Å². The maximum atomic E-state index is 13.7. The first-order valence-corrected chi connectivity index (χ1v) is 5.87. The zero-order valence-electron chi connectivity index (χ0n) is 9.63. The van der Waals surface area contributed by atoms with Crippen LogP contribution in [-0.2, 0) is 0 Å². The van der Waals surface area contributed by atoms with Gasteiger partial charge in [0.2, 0.25) is 0 Å². The van der Waals surface area contributed by atoms with Crippen molar-refractivity contribution in [2.75, 3.05) is 13.1 Å². The summed E-state index contributed by atoms with van der Waals surface area (Å²) in [5, 5.41) is 3.37. The van der Waals surface area contributed by atoms with Gasteiger partial charge in [0.15, 0.2) is 11.6 Å². The van der Waals surface area contributed by atoms with Crippen LogP contribution < -0.4 is 10.1 Å². The Morgan fingerprint density at radius 3 is 2.65 bits per heavy atom. The molecule has 1 aromatic rings. The van der Waals surface area contributed by atoms with Gasteiger partial charge in [-0.15, -0.1) is 12.4 Å². The van der Waals surface area contributed by atoms with Gasteiger partial charge in [-0.1, -0.05) is 11.6 Å². The Balaban J connectivity index is 0.00000144. The van der Waals surface area contributed by atoms with Gasteiger partial charge in [0.1, 0.15) is 6.10 Å². The zero-order valence-corrected chi connectivity index (χ0v) is 11.2. The molecule has 0 atom stereocenters. The van der Waals surface area contributed by atoms with Gasteiger partial charge in [-0.25, -0.2) is 4.39 Å². The molecule has 0 amide bonds. The fourth-order valence-corrected chi connectivity index (χ4v) is 2.14. The number of benzene rings is 1. The van der Waals surface area contributed by atoms with Gasteiger partial charge in [0.25, 0.3) is 0 Å². The van der Waals surface area contributed by atoms with Crippen LogP contribution in [0.3, 0.4) is 0 Å². The van der Waals surface area contributed by atoms with E-state index in [9.17, 15) is 4.39 Å². The molecule has 0 aliphatic carbocycles. The molecule has 2 rings (SSSR count). The third-order valence-electron chi connectivity index (χ3n) is 2.72. The van der Waals surface area contributed by atoms with Gasteiger partial charge in [0, 0.05) is 0 Å². The minimum absolute atomic E-state index is 0. The van der Waals surface area contributed by atoms with E-state index in [1.165, 1.54) is 0 Å². The molecule has 1 aromatic carbocycles. The monoisotopic (exact) mass is 279 g/mol. The highest BCUT2D eigenvalue weighted by molar-refractivity contribution is 6.30. The number of halogens is 3. The number of hydrogen-bond acceptors (Lipinski definition) is 2. The molecule has 0 aromatic heterocycles. The maximum absolute atomic E-state index is 13.7. The predicted octanol–water partition coefficient (Wildman–Crippen LogP) is 3.34. The lowest BCUT2D eigenvalue weighted by molar-refractivity contribution is 0.156. The van der Waals surface area contributed by atoms with Crippen LogP contribution in [0, 0.1) is 12.7 Å². The Morgan fingerprint density at radius 2 is 2.00 bits per heavy atom. The maximum Gasteiger partial charge on any atom is 0.183 e. The number of nitrogens with one attached hydrogen (secondary N) is 1. The number of hydrogen-bond donors (Lipinski definition) is 1. The lowest BCUT2D eigenvalue weighted by Gasteiger charge is -2.24. The second-order valence-electron chi connectivity index (χ2n) is 4.13. The molecule has 0 radical (unpaired) electrons. The molecule has 1 heterocycles. The summed E-state index contributed by atoms with van der Waals surface area (Å²) >= 11 is 5.77. The number of rotatable bonds is 2. The van der Waals surface area contributed by atoms with Crippen molar-refractivity contribution in [3.8, 4) is 5.75 Å². The van der Waals surface area contributed by atoms with Crippen molar-refractivity contribution in [1.29, 1.82) is 0 Å². The molecule has 0 spiro atoms. The van der Waals surface area contributed by atoms with Crippen LogP contribution in [0.4, 0.5) is 4.39 Å². The van der Waals surface area contributed by atoms with Crippen LogP contribution in [0.15, 0.2) is 12.1 Å². The summed E-state index contributed by atoms with van der Waals surface area (Å²) in [7, 11) is 0. The zero-order chi connectivity index (χ0) is 11.5. The van der Waals surface area contributed by atoms with Crippen molar-refractivity contribution < 1.29 is 9.13 Å². The summed E-state index contributed by atoms with van der Waals surface area (Å²) in [5.74, 6) is -0.178. The van der Waals surface area contributed by atoms with E-state index in [2.05, 4.69) is 5.32 Å². The highest BCUT2D eigenvalue weighted by atomic mass is 35.5. The molecule has 96 valence electrons. The van der Waals surface area contributed by atoms with E-state index in [4.69, 9.17) is 16.3 Å². The van der Waals surface area contributed by atoms with Crippen LogP contribution in [0.25, 0.3) is 0 Å². The van der Waals surface area contributed by atoms with E-state index < -0.39 is 5.82 Å². The average molecular weight is 280 g/mol. The molecule has 1 N–H and O–H groups in total. The van der Waals surface area contributed by atoms with E-state index in [1.54, 1.807) is 12.1 Å². The first-order valence-electron chi connectivity index (χ1n) is 5.50. The van der Waals surface area contributed by atoms with Gasteiger partial charge in [-0.05, 0) is 50.6 Å². The van der Waals surface area contributed by atoms with E-state index >= 15 is 0 Å². The van der Waals surface area contributed by atoms with Crippen LogP contribution in [-0.4, -0.2) is 19.2 Å². The Hall–Kier alpha value is -0.510. The predicted molar refractivity (Wildman–Crippen MR) is 69.9 cm³/mol. The second kappa shape index (κ2) is 6.43. The molecule has 0 saturated carbocycles. The third-order valence-corrected chi connectivity index (χ3v) is 2.99. The van der Waals surface area contributed by atoms with E-state index in [1.807, 2.05) is 6.92 Å². The van der Waals surface area contributed by atoms with Crippen LogP contribution in [0.1, 0.15) is 18.4 Å². The molecule has 0 bridgehead atoms. The van der Waals surface area contributed by atoms with Crippen molar-refractivity contribution in [3.05, 3.63) is 28.5 Å². The number of piperidine rings is 1. The van der Waals surface area contributed by atoms with Crippen LogP contribution in [0.2, 0.25) is 5.02 Å². The minimum Gasteiger partial charge on any atom is -0.487 e. The number of ether oxygens (including phenoxy) is 1. The van der Waals surface area contributed by atoms with E-state index in [0.717, 1.165) is 31.5 Å². The van der Waals surface area contributed by atoms with Crippen molar-refractivity contribution in [3.63, 3.8) is 0 Å². The first-order chi connectivity index (χ1) is 7.66. The normalized spacial score (nSPS) is 16.4. The molecular formula is C12H16Cl2FNO. The fraction of sp³-hybridized carbons (Fsp3) is 0.500. The number of aryl methyl sites for hydroxylation is 1. The van der Waals surface area contributed by atoms with Crippen molar-refractivity contribution >= 4 is 24.0 Å². The summed E-state index contributed by atoms with van der Waals surface area (Å²) < 4.78 is 19.3. The molecule has 5 heteroatoms. The largest absolute Gasteiger partial charge is 0.487 e. The highest BCUT2D eigenvalue weighted by Crippen LogP contribution is 2.28. The van der Waals surface area contributed by atoms with Gasteiger partial charge in [0.05, 0.1) is 5.02 Å². The van der Waals surface area contributed by atoms with Crippen LogP contribution in [0.5, 0.6) is 5.75 Å². The molecule has 1 aliphatic heterocycles. The Labute approximate surface area is 112 Å². The quantitative estimate of drug-likeness (QED) is 0.897. The highest BCUT2D eigenvalue weighted by Gasteiger charge is 2.17. The van der Waals surface area contributed by atoms with E-state index in [-0.39, 0.29) is 29.3 Å². The smallest absolute Gasteiger partial charge is 0.183 e. The standard InChI is InChI=1S/C12H15ClFNO.ClH/c1-8-6-10(13)12(14)11(7-8)16-9-2-4-15-5-3-9;/h6-7,9,15H,2-5H2,1H3;1H. The van der Waals surface area contributed by atoms with Gasteiger partial charge >= 0.3 is 0 Å².